The van der Waals surface area contributed by atoms with Gasteiger partial charge in [-0.2, -0.15) is 0 Å². The summed E-state index contributed by atoms with van der Waals surface area (Å²) in [6, 6.07) is 7.62. The van der Waals surface area contributed by atoms with Crippen LogP contribution in [-0.4, -0.2) is 72.7 Å². The maximum absolute atomic E-state index is 9.90. The van der Waals surface area contributed by atoms with Crippen molar-refractivity contribution < 1.29 is 14.6 Å². The first-order chi connectivity index (χ1) is 15.4. The third-order valence-corrected chi connectivity index (χ3v) is 5.01. The Morgan fingerprint density at radius 1 is 1.44 bits per heavy atom. The molecule has 3 rings (SSSR count). The molecule has 2 heterocycles. The molecule has 1 aromatic heterocycles. The zero-order valence-electron chi connectivity index (χ0n) is 18.8. The number of hydrogen-bond donors (Lipinski definition) is 5. The molecule has 2 unspecified atom stereocenters. The predicted molar refractivity (Wildman–Crippen MR) is 125 cm³/mol. The number of rotatable bonds is 10. The number of nitrogens with two attached hydrogens (primary N) is 2. The Labute approximate surface area is 188 Å². The monoisotopic (exact) mass is 443 g/mol. The molecule has 1 saturated heterocycles. The van der Waals surface area contributed by atoms with Crippen LogP contribution in [0.4, 0.5) is 5.82 Å². The van der Waals surface area contributed by atoms with Crippen molar-refractivity contribution in [2.75, 3.05) is 45.8 Å². The summed E-state index contributed by atoms with van der Waals surface area (Å²) in [5, 5.41) is 17.7. The van der Waals surface area contributed by atoms with Gasteiger partial charge in [-0.15, -0.1) is 0 Å². The van der Waals surface area contributed by atoms with E-state index in [0.717, 1.165) is 24.2 Å². The second kappa shape index (κ2) is 11.1. The highest BCUT2D eigenvalue weighted by molar-refractivity contribution is 5.70. The van der Waals surface area contributed by atoms with E-state index in [-0.39, 0.29) is 12.6 Å². The molecule has 0 spiro atoms. The molecule has 32 heavy (non-hydrogen) atoms. The van der Waals surface area contributed by atoms with Crippen LogP contribution < -0.4 is 26.9 Å². The number of benzene rings is 1. The molecule has 2 aromatic rings. The van der Waals surface area contributed by atoms with Gasteiger partial charge in [0.25, 0.3) is 0 Å². The molecule has 10 nitrogen and oxygen atoms in total. The van der Waals surface area contributed by atoms with Crippen molar-refractivity contribution in [3.8, 4) is 17.1 Å². The first-order valence-corrected chi connectivity index (χ1v) is 10.6. The van der Waals surface area contributed by atoms with Crippen molar-refractivity contribution in [3.05, 3.63) is 41.7 Å². The average molecular weight is 444 g/mol. The number of anilines is 1. The highest BCUT2D eigenvalue weighted by Gasteiger charge is 2.20. The van der Waals surface area contributed by atoms with E-state index in [0.29, 0.717) is 41.9 Å². The van der Waals surface area contributed by atoms with Gasteiger partial charge in [0.15, 0.2) is 5.82 Å². The van der Waals surface area contributed by atoms with E-state index in [2.05, 4.69) is 10.6 Å². The van der Waals surface area contributed by atoms with Crippen LogP contribution in [0.3, 0.4) is 0 Å². The minimum atomic E-state index is -0.603. The molecule has 1 aliphatic heterocycles. The SMILES string of the molecule is CNCC(O)COc1cccc(-c2nc(NC3CCOC3)c(C)c(/C(N)=C/N(C)N)n2)c1. The fraction of sp³-hybridized carbons (Fsp3) is 0.455. The normalized spacial score (nSPS) is 17.3. The minimum absolute atomic E-state index is 0.176. The van der Waals surface area contributed by atoms with Crippen LogP contribution in [0.15, 0.2) is 30.5 Å². The molecule has 0 bridgehead atoms. The number of aliphatic hydroxyl groups excluding tert-OH is 1. The van der Waals surface area contributed by atoms with E-state index in [4.69, 9.17) is 31.0 Å². The molecule has 0 radical (unpaired) electrons. The van der Waals surface area contributed by atoms with E-state index in [1.165, 1.54) is 5.01 Å². The molecular weight excluding hydrogens is 410 g/mol. The molecule has 2 atom stereocenters. The second-order valence-electron chi connectivity index (χ2n) is 7.87. The van der Waals surface area contributed by atoms with E-state index >= 15 is 0 Å². The van der Waals surface area contributed by atoms with Gasteiger partial charge in [0.1, 0.15) is 24.3 Å². The first-order valence-electron chi connectivity index (χ1n) is 10.6. The van der Waals surface area contributed by atoms with E-state index in [9.17, 15) is 5.11 Å². The molecule has 7 N–H and O–H groups in total. The van der Waals surface area contributed by atoms with Crippen LogP contribution in [-0.2, 0) is 4.74 Å². The van der Waals surface area contributed by atoms with Crippen molar-refractivity contribution >= 4 is 11.5 Å². The third kappa shape index (κ3) is 6.30. The number of likely N-dealkylation sites (N-methyl/N-ethyl adjacent to an activating group) is 1. The van der Waals surface area contributed by atoms with Gasteiger partial charge in [-0.25, -0.2) is 15.8 Å². The predicted octanol–water partition coefficient (Wildman–Crippen LogP) is 0.675. The second-order valence-corrected chi connectivity index (χ2v) is 7.87. The van der Waals surface area contributed by atoms with Crippen molar-refractivity contribution in [2.45, 2.75) is 25.5 Å². The number of hydrazine groups is 1. The Morgan fingerprint density at radius 3 is 2.94 bits per heavy atom. The number of aromatic nitrogens is 2. The lowest BCUT2D eigenvalue weighted by atomic mass is 10.1. The highest BCUT2D eigenvalue weighted by atomic mass is 16.5. The first kappa shape index (κ1) is 23.7. The average Bonchev–Trinajstić information content (AvgIpc) is 3.27. The van der Waals surface area contributed by atoms with Crippen molar-refractivity contribution in [1.29, 1.82) is 0 Å². The zero-order valence-corrected chi connectivity index (χ0v) is 18.8. The summed E-state index contributed by atoms with van der Waals surface area (Å²) in [5.41, 5.74) is 8.94. The van der Waals surface area contributed by atoms with E-state index < -0.39 is 6.10 Å². The molecule has 1 aliphatic rings. The number of nitrogens with one attached hydrogen (secondary N) is 2. The molecule has 0 saturated carbocycles. The molecule has 1 aromatic carbocycles. The Balaban J connectivity index is 1.95. The third-order valence-electron chi connectivity index (χ3n) is 5.01. The van der Waals surface area contributed by atoms with Crippen LogP contribution in [0, 0.1) is 6.92 Å². The van der Waals surface area contributed by atoms with Gasteiger partial charge < -0.3 is 36.0 Å². The quantitative estimate of drug-likeness (QED) is 0.262. The van der Waals surface area contributed by atoms with Gasteiger partial charge in [0.05, 0.1) is 24.0 Å². The summed E-state index contributed by atoms with van der Waals surface area (Å²) in [4.78, 5) is 9.50. The van der Waals surface area contributed by atoms with Crippen molar-refractivity contribution in [1.82, 2.24) is 20.3 Å². The molecule has 1 fully saturated rings. The van der Waals surface area contributed by atoms with Gasteiger partial charge >= 0.3 is 0 Å². The van der Waals surface area contributed by atoms with Crippen LogP contribution in [0.2, 0.25) is 0 Å². The fourth-order valence-electron chi connectivity index (χ4n) is 3.40. The highest BCUT2D eigenvalue weighted by Crippen LogP contribution is 2.28. The van der Waals surface area contributed by atoms with Gasteiger partial charge in [-0.3, -0.25) is 0 Å². The number of aliphatic hydroxyl groups is 1. The summed E-state index contributed by atoms with van der Waals surface area (Å²) >= 11 is 0. The summed E-state index contributed by atoms with van der Waals surface area (Å²) in [5.74, 6) is 7.58. The Kier molecular flexibility index (Phi) is 8.23. The summed E-state index contributed by atoms with van der Waals surface area (Å²) in [6.07, 6.45) is 1.92. The molecule has 10 heteroatoms. The summed E-state index contributed by atoms with van der Waals surface area (Å²) < 4.78 is 11.2. The fourth-order valence-corrected chi connectivity index (χ4v) is 3.40. The van der Waals surface area contributed by atoms with Gasteiger partial charge in [-0.1, -0.05) is 12.1 Å². The number of nitrogens with zero attached hydrogens (tertiary/aromatic N) is 3. The maximum atomic E-state index is 9.90. The Bertz CT molecular complexity index is 930. The van der Waals surface area contributed by atoms with E-state index in [1.54, 1.807) is 20.3 Å². The lowest BCUT2D eigenvalue weighted by Gasteiger charge is -2.18. The topological polar surface area (TPSA) is 144 Å². The van der Waals surface area contributed by atoms with Crippen LogP contribution in [0.25, 0.3) is 17.1 Å². The standard InChI is InChI=1S/C22H33N7O3/c1-14-20(19(23)11-29(3)24)27-22(28-21(14)26-16-7-8-31-12-16)15-5-4-6-18(9-15)32-13-17(30)10-25-2/h4-6,9,11,16-17,25,30H,7-8,10,12-13,23-24H2,1-3H3,(H,26,27,28)/b19-11-. The Hall–Kier alpha value is -2.92. The van der Waals surface area contributed by atoms with Gasteiger partial charge in [0.2, 0.25) is 0 Å². The van der Waals surface area contributed by atoms with Crippen molar-refractivity contribution in [3.63, 3.8) is 0 Å². The molecule has 174 valence electrons. The van der Waals surface area contributed by atoms with Crippen molar-refractivity contribution in [2.24, 2.45) is 11.6 Å². The van der Waals surface area contributed by atoms with Crippen LogP contribution in [0.1, 0.15) is 17.7 Å². The molecule has 0 amide bonds. The lowest BCUT2D eigenvalue weighted by Crippen LogP contribution is -2.29. The smallest absolute Gasteiger partial charge is 0.162 e. The molecular formula is C22H33N7O3. The number of ether oxygens (including phenoxy) is 2. The van der Waals surface area contributed by atoms with Gasteiger partial charge in [-0.05, 0) is 32.5 Å². The maximum Gasteiger partial charge on any atom is 0.162 e. The zero-order chi connectivity index (χ0) is 23.1. The Morgan fingerprint density at radius 2 is 2.25 bits per heavy atom. The largest absolute Gasteiger partial charge is 0.491 e. The van der Waals surface area contributed by atoms with Gasteiger partial charge in [0, 0.05) is 37.5 Å². The molecule has 0 aliphatic carbocycles. The van der Waals surface area contributed by atoms with Crippen LogP contribution in [0.5, 0.6) is 5.75 Å². The lowest BCUT2D eigenvalue weighted by molar-refractivity contribution is 0.108. The summed E-state index contributed by atoms with van der Waals surface area (Å²) in [7, 11) is 3.48. The van der Waals surface area contributed by atoms with Crippen LogP contribution >= 0.6 is 0 Å². The minimum Gasteiger partial charge on any atom is -0.491 e. The summed E-state index contributed by atoms with van der Waals surface area (Å²) in [6.45, 7) is 3.91. The van der Waals surface area contributed by atoms with E-state index in [1.807, 2.05) is 31.2 Å². The number of hydrogen-bond acceptors (Lipinski definition) is 10.